The third-order valence-electron chi connectivity index (χ3n) is 2.62. The molecule has 2 rings (SSSR count). The molecule has 1 heterocycles. The summed E-state index contributed by atoms with van der Waals surface area (Å²) in [5, 5.41) is 8.95. The molecule has 0 saturated carbocycles. The first-order valence-corrected chi connectivity index (χ1v) is 4.58. The summed E-state index contributed by atoms with van der Waals surface area (Å²) >= 11 is 0. The summed E-state index contributed by atoms with van der Waals surface area (Å²) in [5.41, 5.74) is 3.76. The van der Waals surface area contributed by atoms with E-state index in [0.29, 0.717) is 0 Å². The van der Waals surface area contributed by atoms with Gasteiger partial charge in [-0.3, -0.25) is 0 Å². The molecule has 0 radical (unpaired) electrons. The summed E-state index contributed by atoms with van der Waals surface area (Å²) in [6.45, 7) is 4.28. The normalized spacial score (nSPS) is 19.8. The Morgan fingerprint density at radius 2 is 2.08 bits per heavy atom. The molecule has 1 unspecified atom stereocenters. The standard InChI is InChI=1S/C11H14O2/c1-7-3-9-5-10(6-12)13-11(9)4-8(7)2/h3-4,10,12H,5-6H2,1-2H3. The molecule has 70 valence electrons. The Hall–Kier alpha value is -1.02. The zero-order valence-electron chi connectivity index (χ0n) is 8.00. The lowest BCUT2D eigenvalue weighted by Crippen LogP contribution is -2.17. The van der Waals surface area contributed by atoms with Gasteiger partial charge in [-0.05, 0) is 36.6 Å². The Labute approximate surface area is 78.2 Å². The molecule has 1 aliphatic rings. The largest absolute Gasteiger partial charge is 0.487 e. The Morgan fingerprint density at radius 1 is 1.38 bits per heavy atom. The molecular formula is C11H14O2. The molecule has 0 bridgehead atoms. The van der Waals surface area contributed by atoms with Crippen molar-refractivity contribution in [2.24, 2.45) is 0 Å². The van der Waals surface area contributed by atoms with E-state index in [9.17, 15) is 0 Å². The van der Waals surface area contributed by atoms with Gasteiger partial charge in [0.05, 0.1) is 6.61 Å². The molecule has 0 aromatic heterocycles. The second kappa shape index (κ2) is 3.04. The number of aliphatic hydroxyl groups is 1. The number of rotatable bonds is 1. The van der Waals surface area contributed by atoms with Crippen molar-refractivity contribution >= 4 is 0 Å². The zero-order valence-corrected chi connectivity index (χ0v) is 8.00. The van der Waals surface area contributed by atoms with Gasteiger partial charge in [0, 0.05) is 6.42 Å². The van der Waals surface area contributed by atoms with Crippen LogP contribution in [0.1, 0.15) is 16.7 Å². The van der Waals surface area contributed by atoms with Gasteiger partial charge in [0.2, 0.25) is 0 Å². The lowest BCUT2D eigenvalue weighted by molar-refractivity contribution is 0.134. The molecule has 0 amide bonds. The molecule has 1 atom stereocenters. The topological polar surface area (TPSA) is 29.5 Å². The minimum absolute atomic E-state index is 0.0313. The van der Waals surface area contributed by atoms with E-state index >= 15 is 0 Å². The summed E-state index contributed by atoms with van der Waals surface area (Å²) < 4.78 is 5.54. The quantitative estimate of drug-likeness (QED) is 0.707. The SMILES string of the molecule is Cc1cc2c(cc1C)OC(CO)C2. The maximum absolute atomic E-state index is 8.95. The maximum Gasteiger partial charge on any atom is 0.126 e. The zero-order chi connectivity index (χ0) is 9.42. The molecule has 0 spiro atoms. The molecule has 0 saturated heterocycles. The van der Waals surface area contributed by atoms with E-state index in [1.807, 2.05) is 0 Å². The van der Waals surface area contributed by atoms with E-state index in [2.05, 4.69) is 26.0 Å². The maximum atomic E-state index is 8.95. The van der Waals surface area contributed by atoms with Crippen molar-refractivity contribution in [2.45, 2.75) is 26.4 Å². The summed E-state index contributed by atoms with van der Waals surface area (Å²) in [7, 11) is 0. The van der Waals surface area contributed by atoms with E-state index in [0.717, 1.165) is 12.2 Å². The van der Waals surface area contributed by atoms with Gasteiger partial charge in [-0.15, -0.1) is 0 Å². The molecule has 2 nitrogen and oxygen atoms in total. The predicted molar refractivity (Wildman–Crippen MR) is 51.1 cm³/mol. The fourth-order valence-electron chi connectivity index (χ4n) is 1.69. The fourth-order valence-corrected chi connectivity index (χ4v) is 1.69. The van der Waals surface area contributed by atoms with E-state index < -0.39 is 0 Å². The third-order valence-corrected chi connectivity index (χ3v) is 2.62. The van der Waals surface area contributed by atoms with Crippen LogP contribution >= 0.6 is 0 Å². The summed E-state index contributed by atoms with van der Waals surface area (Å²) in [6, 6.07) is 4.21. The van der Waals surface area contributed by atoms with E-state index in [1.54, 1.807) is 0 Å². The number of hydrogen-bond donors (Lipinski definition) is 1. The van der Waals surface area contributed by atoms with Crippen LogP contribution < -0.4 is 4.74 Å². The molecule has 0 fully saturated rings. The first kappa shape index (κ1) is 8.57. The fraction of sp³-hybridized carbons (Fsp3) is 0.455. The molecule has 1 N–H and O–H groups in total. The van der Waals surface area contributed by atoms with Crippen molar-refractivity contribution in [3.8, 4) is 5.75 Å². The first-order valence-electron chi connectivity index (χ1n) is 4.58. The lowest BCUT2D eigenvalue weighted by Gasteiger charge is -2.06. The van der Waals surface area contributed by atoms with Gasteiger partial charge in [-0.2, -0.15) is 0 Å². The van der Waals surface area contributed by atoms with Crippen molar-refractivity contribution in [2.75, 3.05) is 6.61 Å². The highest BCUT2D eigenvalue weighted by Crippen LogP contribution is 2.31. The van der Waals surface area contributed by atoms with Crippen molar-refractivity contribution < 1.29 is 9.84 Å². The number of benzene rings is 1. The van der Waals surface area contributed by atoms with Gasteiger partial charge >= 0.3 is 0 Å². The Balaban J connectivity index is 2.36. The number of ether oxygens (including phenoxy) is 1. The van der Waals surface area contributed by atoms with Crippen LogP contribution in [0.25, 0.3) is 0 Å². The number of hydrogen-bond acceptors (Lipinski definition) is 2. The molecule has 1 aromatic carbocycles. The Bertz CT molecular complexity index is 300. The van der Waals surface area contributed by atoms with Gasteiger partial charge in [-0.1, -0.05) is 6.07 Å². The van der Waals surface area contributed by atoms with Crippen LogP contribution in [0.3, 0.4) is 0 Å². The van der Waals surface area contributed by atoms with Crippen LogP contribution in [0.2, 0.25) is 0 Å². The number of aliphatic hydroxyl groups excluding tert-OH is 1. The van der Waals surface area contributed by atoms with Crippen LogP contribution in [-0.2, 0) is 6.42 Å². The molecular weight excluding hydrogens is 164 g/mol. The van der Waals surface area contributed by atoms with E-state index in [-0.39, 0.29) is 12.7 Å². The summed E-state index contributed by atoms with van der Waals surface area (Å²) in [5.74, 6) is 0.946. The van der Waals surface area contributed by atoms with Crippen molar-refractivity contribution in [1.82, 2.24) is 0 Å². The van der Waals surface area contributed by atoms with Gasteiger partial charge in [-0.25, -0.2) is 0 Å². The van der Waals surface area contributed by atoms with E-state index in [4.69, 9.17) is 9.84 Å². The van der Waals surface area contributed by atoms with Gasteiger partial charge < -0.3 is 9.84 Å². The van der Waals surface area contributed by atoms with Crippen LogP contribution in [-0.4, -0.2) is 17.8 Å². The van der Waals surface area contributed by atoms with Gasteiger partial charge in [0.1, 0.15) is 11.9 Å². The molecule has 1 aliphatic heterocycles. The highest BCUT2D eigenvalue weighted by Gasteiger charge is 2.22. The molecule has 2 heteroatoms. The average Bonchev–Trinajstić information content (AvgIpc) is 2.48. The number of aryl methyl sites for hydroxylation is 2. The molecule has 13 heavy (non-hydrogen) atoms. The van der Waals surface area contributed by atoms with E-state index in [1.165, 1.54) is 16.7 Å². The number of fused-ring (bicyclic) bond motifs is 1. The second-order valence-electron chi connectivity index (χ2n) is 3.67. The van der Waals surface area contributed by atoms with Gasteiger partial charge in [0.15, 0.2) is 0 Å². The monoisotopic (exact) mass is 178 g/mol. The predicted octanol–water partition coefficient (Wildman–Crippen LogP) is 1.60. The Morgan fingerprint density at radius 3 is 2.77 bits per heavy atom. The lowest BCUT2D eigenvalue weighted by atomic mass is 10.0. The Kier molecular flexibility index (Phi) is 2.00. The molecule has 1 aromatic rings. The highest BCUT2D eigenvalue weighted by molar-refractivity contribution is 5.44. The van der Waals surface area contributed by atoms with Crippen molar-refractivity contribution in [3.05, 3.63) is 28.8 Å². The minimum atomic E-state index is -0.0313. The first-order chi connectivity index (χ1) is 6.20. The second-order valence-corrected chi connectivity index (χ2v) is 3.67. The van der Waals surface area contributed by atoms with Crippen molar-refractivity contribution in [1.29, 1.82) is 0 Å². The van der Waals surface area contributed by atoms with Crippen LogP contribution in [0.4, 0.5) is 0 Å². The average molecular weight is 178 g/mol. The van der Waals surface area contributed by atoms with Crippen LogP contribution in [0.15, 0.2) is 12.1 Å². The smallest absolute Gasteiger partial charge is 0.126 e. The summed E-state index contributed by atoms with van der Waals surface area (Å²) in [4.78, 5) is 0. The van der Waals surface area contributed by atoms with Crippen molar-refractivity contribution in [3.63, 3.8) is 0 Å². The third kappa shape index (κ3) is 1.42. The van der Waals surface area contributed by atoms with Crippen LogP contribution in [0.5, 0.6) is 5.75 Å². The van der Waals surface area contributed by atoms with Gasteiger partial charge in [0.25, 0.3) is 0 Å². The molecule has 0 aliphatic carbocycles. The highest BCUT2D eigenvalue weighted by atomic mass is 16.5. The summed E-state index contributed by atoms with van der Waals surface area (Å²) in [6.07, 6.45) is 0.809. The minimum Gasteiger partial charge on any atom is -0.487 e. The van der Waals surface area contributed by atoms with Crippen LogP contribution in [0, 0.1) is 13.8 Å².